The number of amides is 1. The molecule has 184 valence electrons. The smallest absolute Gasteiger partial charge is 0.227 e. The SMILES string of the molecule is C#CCO[C@@H](C#CC[C@H](CC#C[Si](C)(C)C)C(=O)N(C)C(C)[C@H](O)c1ccccc1)c1ccoc1. The minimum absolute atomic E-state index is 0.101. The van der Waals surface area contributed by atoms with Crippen LogP contribution in [0.15, 0.2) is 53.3 Å². The van der Waals surface area contributed by atoms with Crippen LogP contribution in [0.2, 0.25) is 19.6 Å². The lowest BCUT2D eigenvalue weighted by Crippen LogP contribution is -2.42. The first kappa shape index (κ1) is 28.0. The Morgan fingerprint density at radius 3 is 2.43 bits per heavy atom. The number of terminal acetylenes is 1. The van der Waals surface area contributed by atoms with Gasteiger partial charge in [0.25, 0.3) is 0 Å². The van der Waals surface area contributed by atoms with Crippen molar-refractivity contribution >= 4 is 14.0 Å². The highest BCUT2D eigenvalue weighted by Crippen LogP contribution is 2.23. The molecule has 0 fully saturated rings. The van der Waals surface area contributed by atoms with E-state index in [1.807, 2.05) is 37.3 Å². The fourth-order valence-corrected chi connectivity index (χ4v) is 4.00. The minimum Gasteiger partial charge on any atom is -0.472 e. The van der Waals surface area contributed by atoms with Crippen molar-refractivity contribution in [1.82, 2.24) is 4.90 Å². The average Bonchev–Trinajstić information content (AvgIpc) is 3.38. The summed E-state index contributed by atoms with van der Waals surface area (Å²) in [6.45, 7) is 8.46. The number of benzene rings is 1. The number of aliphatic hydroxyl groups excluding tert-OH is 1. The fourth-order valence-electron chi connectivity index (χ4n) is 3.37. The molecule has 0 aliphatic rings. The van der Waals surface area contributed by atoms with Crippen LogP contribution in [0.5, 0.6) is 0 Å². The van der Waals surface area contributed by atoms with Gasteiger partial charge in [-0.15, -0.1) is 17.9 Å². The van der Waals surface area contributed by atoms with Crippen LogP contribution in [0.3, 0.4) is 0 Å². The maximum absolute atomic E-state index is 13.5. The van der Waals surface area contributed by atoms with Gasteiger partial charge in [0.1, 0.15) is 20.8 Å². The largest absolute Gasteiger partial charge is 0.472 e. The summed E-state index contributed by atoms with van der Waals surface area (Å²) >= 11 is 0. The molecule has 0 aliphatic heterocycles. The van der Waals surface area contributed by atoms with Crippen LogP contribution in [-0.2, 0) is 9.53 Å². The number of ether oxygens (including phenoxy) is 1. The van der Waals surface area contributed by atoms with E-state index < -0.39 is 32.2 Å². The van der Waals surface area contributed by atoms with Gasteiger partial charge in [0.15, 0.2) is 0 Å². The number of rotatable bonds is 9. The molecule has 0 saturated carbocycles. The van der Waals surface area contributed by atoms with Crippen molar-refractivity contribution in [3.05, 3.63) is 60.1 Å². The van der Waals surface area contributed by atoms with E-state index in [0.29, 0.717) is 12.8 Å². The van der Waals surface area contributed by atoms with E-state index in [0.717, 1.165) is 11.1 Å². The van der Waals surface area contributed by atoms with Crippen LogP contribution in [0, 0.1) is 41.6 Å². The standard InChI is InChI=1S/C29H35NO4Si/c1-7-19-34-27(26-18-20-33-22-26)17-11-15-25(16-12-21-35(4,5)6)29(32)30(3)23(2)28(31)24-13-9-8-10-14-24/h1,8-10,13-14,18,20,22-23,25,27-28,31H,15-16,19H2,2-6H3/t23?,25-,27+,28+/m1/s1. The second-order valence-corrected chi connectivity index (χ2v) is 14.2. The molecule has 2 aromatic rings. The Morgan fingerprint density at radius 1 is 1.14 bits per heavy atom. The molecule has 35 heavy (non-hydrogen) atoms. The maximum atomic E-state index is 13.5. The molecule has 5 nitrogen and oxygen atoms in total. The van der Waals surface area contributed by atoms with Gasteiger partial charge in [0.05, 0.1) is 30.6 Å². The first-order chi connectivity index (χ1) is 16.6. The number of aliphatic hydroxyl groups is 1. The van der Waals surface area contributed by atoms with Crippen molar-refractivity contribution in [3.8, 4) is 35.6 Å². The molecule has 1 unspecified atom stereocenters. The van der Waals surface area contributed by atoms with Gasteiger partial charge in [-0.3, -0.25) is 4.79 Å². The van der Waals surface area contributed by atoms with Crippen LogP contribution >= 0.6 is 0 Å². The Bertz CT molecular complexity index is 1090. The zero-order chi connectivity index (χ0) is 25.8. The molecule has 2 rings (SSSR count). The molecule has 1 amide bonds. The normalized spacial score (nSPS) is 14.2. The molecule has 1 heterocycles. The molecular formula is C29H35NO4Si. The van der Waals surface area contributed by atoms with E-state index in [1.54, 1.807) is 30.5 Å². The lowest BCUT2D eigenvalue weighted by atomic mass is 9.97. The van der Waals surface area contributed by atoms with E-state index in [1.165, 1.54) is 0 Å². The van der Waals surface area contributed by atoms with Crippen LogP contribution in [0.4, 0.5) is 0 Å². The Hall–Kier alpha value is -3.21. The van der Waals surface area contributed by atoms with Gasteiger partial charge in [0, 0.05) is 25.5 Å². The molecule has 4 atom stereocenters. The van der Waals surface area contributed by atoms with Gasteiger partial charge in [0.2, 0.25) is 5.91 Å². The minimum atomic E-state index is -1.58. The predicted octanol–water partition coefficient (Wildman–Crippen LogP) is 4.83. The average molecular weight is 490 g/mol. The summed E-state index contributed by atoms with van der Waals surface area (Å²) in [4.78, 5) is 15.1. The number of furan rings is 1. The van der Waals surface area contributed by atoms with Crippen LogP contribution < -0.4 is 0 Å². The van der Waals surface area contributed by atoms with Crippen LogP contribution in [0.25, 0.3) is 0 Å². The zero-order valence-corrected chi connectivity index (χ0v) is 22.2. The predicted molar refractivity (Wildman–Crippen MR) is 141 cm³/mol. The van der Waals surface area contributed by atoms with Gasteiger partial charge in [-0.1, -0.05) is 67.7 Å². The second-order valence-electron chi connectivity index (χ2n) is 9.48. The lowest BCUT2D eigenvalue weighted by molar-refractivity contribution is -0.138. The third-order valence-electron chi connectivity index (χ3n) is 5.48. The van der Waals surface area contributed by atoms with E-state index in [9.17, 15) is 9.90 Å². The Labute approximate surface area is 210 Å². The van der Waals surface area contributed by atoms with Crippen molar-refractivity contribution < 1.29 is 19.1 Å². The lowest BCUT2D eigenvalue weighted by Gasteiger charge is -2.31. The summed E-state index contributed by atoms with van der Waals surface area (Å²) in [5.74, 6) is 11.3. The molecule has 1 aromatic heterocycles. The van der Waals surface area contributed by atoms with Gasteiger partial charge in [-0.2, -0.15) is 0 Å². The zero-order valence-electron chi connectivity index (χ0n) is 21.2. The summed E-state index contributed by atoms with van der Waals surface area (Å²) in [7, 11) is 0.137. The Morgan fingerprint density at radius 2 is 1.83 bits per heavy atom. The van der Waals surface area contributed by atoms with Gasteiger partial charge < -0.3 is 19.2 Å². The van der Waals surface area contributed by atoms with Gasteiger partial charge in [-0.25, -0.2) is 0 Å². The first-order valence-corrected chi connectivity index (χ1v) is 15.2. The molecule has 0 bridgehead atoms. The highest BCUT2D eigenvalue weighted by atomic mass is 28.3. The fraction of sp³-hybridized carbons (Fsp3) is 0.414. The highest BCUT2D eigenvalue weighted by Gasteiger charge is 2.28. The summed E-state index contributed by atoms with van der Waals surface area (Å²) in [5.41, 5.74) is 4.87. The molecule has 0 saturated heterocycles. The number of carbonyl (C=O) groups is 1. The van der Waals surface area contributed by atoms with Crippen molar-refractivity contribution in [2.75, 3.05) is 13.7 Å². The number of hydrogen-bond acceptors (Lipinski definition) is 4. The monoisotopic (exact) mass is 489 g/mol. The van der Waals surface area contributed by atoms with E-state index in [-0.39, 0.29) is 12.5 Å². The molecule has 0 radical (unpaired) electrons. The number of nitrogens with zero attached hydrogens (tertiary/aromatic N) is 1. The van der Waals surface area contributed by atoms with E-state index in [4.69, 9.17) is 15.6 Å². The van der Waals surface area contributed by atoms with Crippen LogP contribution in [0.1, 0.15) is 43.1 Å². The van der Waals surface area contributed by atoms with Crippen molar-refractivity contribution in [1.29, 1.82) is 0 Å². The van der Waals surface area contributed by atoms with Crippen molar-refractivity contribution in [2.24, 2.45) is 5.92 Å². The van der Waals surface area contributed by atoms with Gasteiger partial charge in [-0.05, 0) is 18.6 Å². The summed E-state index contributed by atoms with van der Waals surface area (Å²) in [6.07, 6.45) is 7.83. The van der Waals surface area contributed by atoms with E-state index in [2.05, 4.69) is 48.9 Å². The molecule has 0 aliphatic carbocycles. The van der Waals surface area contributed by atoms with Gasteiger partial charge >= 0.3 is 0 Å². The quantitative estimate of drug-likeness (QED) is 0.405. The molecule has 1 N–H and O–H groups in total. The third kappa shape index (κ3) is 9.16. The summed E-state index contributed by atoms with van der Waals surface area (Å²) in [6, 6.07) is 10.7. The number of hydrogen-bond donors (Lipinski definition) is 1. The van der Waals surface area contributed by atoms with Crippen LogP contribution in [-0.4, -0.2) is 43.7 Å². The summed E-state index contributed by atoms with van der Waals surface area (Å²) in [5, 5.41) is 10.8. The topological polar surface area (TPSA) is 62.9 Å². The van der Waals surface area contributed by atoms with Crippen molar-refractivity contribution in [2.45, 2.75) is 57.7 Å². The molecular weight excluding hydrogens is 454 g/mol. The number of carbonyl (C=O) groups excluding carboxylic acids is 1. The van der Waals surface area contributed by atoms with Crippen molar-refractivity contribution in [3.63, 3.8) is 0 Å². The maximum Gasteiger partial charge on any atom is 0.227 e. The highest BCUT2D eigenvalue weighted by molar-refractivity contribution is 6.83. The Kier molecular flexibility index (Phi) is 10.9. The second kappa shape index (κ2) is 13.6. The third-order valence-corrected chi connectivity index (χ3v) is 6.41. The number of likely N-dealkylation sites (N-methyl/N-ethyl adjacent to an activating group) is 1. The summed E-state index contributed by atoms with van der Waals surface area (Å²) < 4.78 is 10.8. The Balaban J connectivity index is 2.21. The molecule has 6 heteroatoms. The first-order valence-electron chi connectivity index (χ1n) is 11.7. The molecule has 1 aromatic carbocycles. The van der Waals surface area contributed by atoms with E-state index >= 15 is 0 Å². The molecule has 0 spiro atoms.